The minimum Gasteiger partial charge on any atom is -0.350 e. The van der Waals surface area contributed by atoms with E-state index in [9.17, 15) is 19.2 Å². The number of halogens is 2. The van der Waals surface area contributed by atoms with Crippen molar-refractivity contribution in [2.45, 2.75) is 13.8 Å². The molecule has 0 radical (unpaired) electrons. The van der Waals surface area contributed by atoms with Gasteiger partial charge in [-0.15, -0.1) is 0 Å². The minimum atomic E-state index is -1.61. The second kappa shape index (κ2) is 8.75. The number of nitrogens with zero attached hydrogens (tertiary/aromatic N) is 2. The SMILES string of the molecule is Cc1cc(Cl)ccc1NC(=O)C1C(=O)N(c2ccc(Cl)cc2C)C(=O)/C1=N/NC(N)=O. The van der Waals surface area contributed by atoms with Crippen molar-refractivity contribution in [3.63, 3.8) is 0 Å². The maximum atomic E-state index is 13.1. The zero-order valence-electron chi connectivity index (χ0n) is 16.4. The maximum Gasteiger partial charge on any atom is 0.332 e. The van der Waals surface area contributed by atoms with E-state index in [-0.39, 0.29) is 5.69 Å². The summed E-state index contributed by atoms with van der Waals surface area (Å²) in [5.74, 6) is -4.10. The smallest absolute Gasteiger partial charge is 0.332 e. The normalized spacial score (nSPS) is 17.2. The Labute approximate surface area is 187 Å². The van der Waals surface area contributed by atoms with Gasteiger partial charge in [0.25, 0.3) is 11.8 Å². The fraction of sp³-hybridized carbons (Fsp3) is 0.150. The van der Waals surface area contributed by atoms with Gasteiger partial charge in [-0.3, -0.25) is 14.4 Å². The van der Waals surface area contributed by atoms with Crippen LogP contribution in [0.5, 0.6) is 0 Å². The van der Waals surface area contributed by atoms with Crippen LogP contribution >= 0.6 is 23.2 Å². The van der Waals surface area contributed by atoms with Crippen LogP contribution in [0.4, 0.5) is 16.2 Å². The summed E-state index contributed by atoms with van der Waals surface area (Å²) in [5.41, 5.74) is 8.29. The molecule has 0 aromatic heterocycles. The first-order valence-corrected chi connectivity index (χ1v) is 9.70. The highest BCUT2D eigenvalue weighted by molar-refractivity contribution is 6.61. The molecule has 1 fully saturated rings. The number of amides is 5. The molecule has 0 aliphatic carbocycles. The van der Waals surface area contributed by atoms with Crippen molar-refractivity contribution in [2.75, 3.05) is 10.2 Å². The first-order chi connectivity index (χ1) is 14.6. The summed E-state index contributed by atoms with van der Waals surface area (Å²) in [4.78, 5) is 51.1. The topological polar surface area (TPSA) is 134 Å². The highest BCUT2D eigenvalue weighted by Crippen LogP contribution is 2.31. The van der Waals surface area contributed by atoms with Crippen molar-refractivity contribution in [1.29, 1.82) is 0 Å². The Morgan fingerprint density at radius 2 is 1.65 bits per heavy atom. The predicted octanol–water partition coefficient (Wildman–Crippen LogP) is 2.76. The zero-order valence-corrected chi connectivity index (χ0v) is 17.9. The average Bonchev–Trinajstić information content (AvgIpc) is 2.92. The number of aryl methyl sites for hydroxylation is 2. The third kappa shape index (κ3) is 4.52. The first kappa shape index (κ1) is 22.3. The molecule has 5 amide bonds. The molecule has 0 bridgehead atoms. The number of imide groups is 1. The molecular formula is C20H17Cl2N5O4. The summed E-state index contributed by atoms with van der Waals surface area (Å²) in [6.07, 6.45) is 0. The Morgan fingerprint density at radius 1 is 1.03 bits per heavy atom. The van der Waals surface area contributed by atoms with E-state index < -0.39 is 35.4 Å². The molecule has 1 aliphatic heterocycles. The van der Waals surface area contributed by atoms with E-state index >= 15 is 0 Å². The van der Waals surface area contributed by atoms with Crippen LogP contribution in [-0.2, 0) is 14.4 Å². The summed E-state index contributed by atoms with van der Waals surface area (Å²) in [5, 5.41) is 7.12. The lowest BCUT2D eigenvalue weighted by molar-refractivity contribution is -0.127. The Morgan fingerprint density at radius 3 is 2.23 bits per heavy atom. The van der Waals surface area contributed by atoms with E-state index in [1.54, 1.807) is 38.1 Å². The molecule has 3 rings (SSSR count). The number of nitrogens with one attached hydrogen (secondary N) is 2. The van der Waals surface area contributed by atoms with Gasteiger partial charge in [-0.2, -0.15) is 5.10 Å². The van der Waals surface area contributed by atoms with Gasteiger partial charge in [0.1, 0.15) is 5.71 Å². The second-order valence-corrected chi connectivity index (χ2v) is 7.64. The third-order valence-corrected chi connectivity index (χ3v) is 5.03. The predicted molar refractivity (Wildman–Crippen MR) is 117 cm³/mol. The van der Waals surface area contributed by atoms with Gasteiger partial charge >= 0.3 is 6.03 Å². The van der Waals surface area contributed by atoms with Gasteiger partial charge in [-0.05, 0) is 61.4 Å². The highest BCUT2D eigenvalue weighted by atomic mass is 35.5. The molecule has 1 saturated heterocycles. The number of primary amides is 1. The van der Waals surface area contributed by atoms with E-state index in [0.717, 1.165) is 4.90 Å². The van der Waals surface area contributed by atoms with Crippen LogP contribution in [-0.4, -0.2) is 29.5 Å². The van der Waals surface area contributed by atoms with Gasteiger partial charge in [0.2, 0.25) is 5.91 Å². The van der Waals surface area contributed by atoms with Crippen molar-refractivity contribution in [3.8, 4) is 0 Å². The van der Waals surface area contributed by atoms with E-state index in [4.69, 9.17) is 28.9 Å². The lowest BCUT2D eigenvalue weighted by Crippen LogP contribution is -2.35. The Balaban J connectivity index is 2.02. The van der Waals surface area contributed by atoms with Gasteiger partial charge in [-0.1, -0.05) is 23.2 Å². The molecule has 2 aromatic carbocycles. The van der Waals surface area contributed by atoms with Crippen molar-refractivity contribution in [1.82, 2.24) is 5.43 Å². The summed E-state index contributed by atoms with van der Waals surface area (Å²) in [7, 11) is 0. The third-order valence-electron chi connectivity index (χ3n) is 4.56. The summed E-state index contributed by atoms with van der Waals surface area (Å²) >= 11 is 11.9. The van der Waals surface area contributed by atoms with Crippen molar-refractivity contribution in [2.24, 2.45) is 16.8 Å². The summed E-state index contributed by atoms with van der Waals surface area (Å²) in [6.45, 7) is 3.38. The number of hydrogen-bond donors (Lipinski definition) is 3. The quantitative estimate of drug-likeness (QED) is 0.366. The van der Waals surface area contributed by atoms with Crippen molar-refractivity contribution < 1.29 is 19.2 Å². The standard InChI is InChI=1S/C20H17Cl2N5O4/c1-9-7-11(21)3-5-13(9)24-17(28)15-16(25-26-20(23)31)19(30)27(18(15)29)14-6-4-12(22)8-10(14)2/h3-8,15H,1-2H3,(H,24,28)(H3,23,26,31)/b25-16+. The molecule has 0 saturated carbocycles. The van der Waals surface area contributed by atoms with Crippen LogP contribution in [0.2, 0.25) is 10.0 Å². The largest absolute Gasteiger partial charge is 0.350 e. The first-order valence-electron chi connectivity index (χ1n) is 8.94. The number of anilines is 2. The lowest BCUT2D eigenvalue weighted by Gasteiger charge is -2.17. The molecule has 0 spiro atoms. The summed E-state index contributed by atoms with van der Waals surface area (Å²) < 4.78 is 0. The fourth-order valence-corrected chi connectivity index (χ4v) is 3.57. The van der Waals surface area contributed by atoms with Crippen LogP contribution < -0.4 is 21.4 Å². The number of nitrogens with two attached hydrogens (primary N) is 1. The van der Waals surface area contributed by atoms with E-state index in [1.807, 2.05) is 5.43 Å². The molecule has 1 atom stereocenters. The Bertz CT molecular complexity index is 1150. The number of hydrogen-bond acceptors (Lipinski definition) is 5. The van der Waals surface area contributed by atoms with Gasteiger partial charge in [0, 0.05) is 15.7 Å². The summed E-state index contributed by atoms with van der Waals surface area (Å²) in [6, 6.07) is 8.27. The second-order valence-electron chi connectivity index (χ2n) is 6.76. The number of rotatable bonds is 4. The lowest BCUT2D eigenvalue weighted by atomic mass is 10.0. The molecule has 9 nitrogen and oxygen atoms in total. The van der Waals surface area contributed by atoms with Crippen LogP contribution in [0.1, 0.15) is 11.1 Å². The van der Waals surface area contributed by atoms with Crippen LogP contribution in [0.25, 0.3) is 0 Å². The van der Waals surface area contributed by atoms with Gasteiger partial charge < -0.3 is 11.1 Å². The number of benzene rings is 2. The van der Waals surface area contributed by atoms with Crippen molar-refractivity contribution in [3.05, 3.63) is 57.6 Å². The molecule has 11 heteroatoms. The maximum absolute atomic E-state index is 13.1. The Hall–Kier alpha value is -3.43. The fourth-order valence-electron chi connectivity index (χ4n) is 3.12. The molecule has 1 aliphatic rings. The van der Waals surface area contributed by atoms with E-state index in [0.29, 0.717) is 26.9 Å². The molecule has 160 valence electrons. The highest BCUT2D eigenvalue weighted by Gasteiger charge is 2.50. The minimum absolute atomic E-state index is 0.240. The van der Waals surface area contributed by atoms with Gasteiger partial charge in [0.15, 0.2) is 5.92 Å². The number of hydrazone groups is 1. The number of carbonyl (C=O) groups excluding carboxylic acids is 4. The van der Waals surface area contributed by atoms with Crippen molar-refractivity contribution >= 4 is 64.0 Å². The monoisotopic (exact) mass is 461 g/mol. The van der Waals surface area contributed by atoms with Crippen LogP contribution in [0.15, 0.2) is 41.5 Å². The molecule has 4 N–H and O–H groups in total. The van der Waals surface area contributed by atoms with Gasteiger partial charge in [-0.25, -0.2) is 15.1 Å². The molecule has 1 heterocycles. The van der Waals surface area contributed by atoms with E-state index in [2.05, 4.69) is 10.4 Å². The molecule has 2 aromatic rings. The average molecular weight is 462 g/mol. The zero-order chi connectivity index (χ0) is 22.9. The molecular weight excluding hydrogens is 445 g/mol. The van der Waals surface area contributed by atoms with Crippen LogP contribution in [0.3, 0.4) is 0 Å². The van der Waals surface area contributed by atoms with Crippen LogP contribution in [0, 0.1) is 19.8 Å². The Kier molecular flexibility index (Phi) is 6.28. The molecule has 1 unspecified atom stereocenters. The molecule has 31 heavy (non-hydrogen) atoms. The van der Waals surface area contributed by atoms with E-state index in [1.165, 1.54) is 12.1 Å². The van der Waals surface area contributed by atoms with Gasteiger partial charge in [0.05, 0.1) is 5.69 Å². The number of carbonyl (C=O) groups is 4. The number of urea groups is 1.